The maximum Gasteiger partial charge on any atom is 0.202 e. The van der Waals surface area contributed by atoms with Gasteiger partial charge < -0.3 is 14.6 Å². The third-order valence-corrected chi connectivity index (χ3v) is 2.80. The first-order valence-corrected chi connectivity index (χ1v) is 5.57. The summed E-state index contributed by atoms with van der Waals surface area (Å²) in [7, 11) is 2.01. The second-order valence-corrected chi connectivity index (χ2v) is 4.28. The molecule has 1 fully saturated rings. The number of aromatic nitrogens is 2. The van der Waals surface area contributed by atoms with Crippen LogP contribution in [-0.4, -0.2) is 29.3 Å². The van der Waals surface area contributed by atoms with Crippen molar-refractivity contribution >= 4 is 5.95 Å². The maximum absolute atomic E-state index is 5.44. The molecule has 0 radical (unpaired) electrons. The minimum atomic E-state index is 0.635. The molecule has 0 aromatic carbocycles. The van der Waals surface area contributed by atoms with E-state index < -0.39 is 0 Å². The minimum absolute atomic E-state index is 0.635. The van der Waals surface area contributed by atoms with Crippen molar-refractivity contribution in [2.24, 2.45) is 13.0 Å². The molecule has 15 heavy (non-hydrogen) atoms. The van der Waals surface area contributed by atoms with Gasteiger partial charge in [-0.15, -0.1) is 0 Å². The Balaban J connectivity index is 1.84. The van der Waals surface area contributed by atoms with Crippen LogP contribution >= 0.6 is 0 Å². The van der Waals surface area contributed by atoms with E-state index in [2.05, 4.69) is 10.3 Å². The number of rotatable bonds is 3. The number of aryl methyl sites for hydroxylation is 2. The molecule has 1 saturated heterocycles. The molecule has 1 atom stereocenters. The van der Waals surface area contributed by atoms with Crippen LogP contribution in [0.5, 0.6) is 0 Å². The van der Waals surface area contributed by atoms with E-state index in [1.165, 1.54) is 12.8 Å². The molecular formula is C11H19N3O. The highest BCUT2D eigenvalue weighted by Crippen LogP contribution is 2.14. The molecule has 4 heteroatoms. The summed E-state index contributed by atoms with van der Waals surface area (Å²) in [4.78, 5) is 4.41. The van der Waals surface area contributed by atoms with E-state index >= 15 is 0 Å². The molecule has 1 unspecified atom stereocenters. The van der Waals surface area contributed by atoms with Gasteiger partial charge in [0.2, 0.25) is 5.95 Å². The normalized spacial score (nSPS) is 21.6. The van der Waals surface area contributed by atoms with Gasteiger partial charge in [-0.25, -0.2) is 4.98 Å². The van der Waals surface area contributed by atoms with Crippen molar-refractivity contribution in [2.45, 2.75) is 19.8 Å². The van der Waals surface area contributed by atoms with Crippen molar-refractivity contribution in [3.8, 4) is 0 Å². The smallest absolute Gasteiger partial charge is 0.202 e. The highest BCUT2D eigenvalue weighted by molar-refractivity contribution is 5.28. The zero-order valence-electron chi connectivity index (χ0n) is 9.49. The van der Waals surface area contributed by atoms with Crippen LogP contribution in [0.3, 0.4) is 0 Å². The van der Waals surface area contributed by atoms with Crippen LogP contribution in [0.4, 0.5) is 5.95 Å². The highest BCUT2D eigenvalue weighted by atomic mass is 16.5. The van der Waals surface area contributed by atoms with Gasteiger partial charge in [0.15, 0.2) is 0 Å². The Morgan fingerprint density at radius 1 is 1.67 bits per heavy atom. The number of nitrogens with one attached hydrogen (secondary N) is 1. The van der Waals surface area contributed by atoms with E-state index in [1.807, 2.05) is 24.7 Å². The molecular weight excluding hydrogens is 190 g/mol. The van der Waals surface area contributed by atoms with Crippen molar-refractivity contribution < 1.29 is 4.74 Å². The monoisotopic (exact) mass is 209 g/mol. The first kappa shape index (κ1) is 10.5. The number of anilines is 1. The third kappa shape index (κ3) is 2.72. The molecule has 2 heterocycles. The summed E-state index contributed by atoms with van der Waals surface area (Å²) in [6.07, 6.45) is 4.47. The molecule has 0 bridgehead atoms. The number of hydrogen-bond donors (Lipinski definition) is 1. The lowest BCUT2D eigenvalue weighted by Crippen LogP contribution is -2.25. The van der Waals surface area contributed by atoms with Crippen LogP contribution < -0.4 is 5.32 Å². The Hall–Kier alpha value is -1.03. The fourth-order valence-electron chi connectivity index (χ4n) is 1.98. The molecule has 1 aliphatic rings. The van der Waals surface area contributed by atoms with Crippen LogP contribution in [0, 0.1) is 12.8 Å². The fourth-order valence-corrected chi connectivity index (χ4v) is 1.98. The van der Waals surface area contributed by atoms with Crippen molar-refractivity contribution in [2.75, 3.05) is 25.1 Å². The highest BCUT2D eigenvalue weighted by Gasteiger charge is 2.14. The van der Waals surface area contributed by atoms with Gasteiger partial charge in [0.05, 0.1) is 12.3 Å². The largest absolute Gasteiger partial charge is 0.381 e. The maximum atomic E-state index is 5.44. The Morgan fingerprint density at radius 3 is 3.13 bits per heavy atom. The molecule has 1 aromatic rings. The molecule has 84 valence electrons. The number of imidazole rings is 1. The van der Waals surface area contributed by atoms with Crippen molar-refractivity contribution in [1.29, 1.82) is 0 Å². The van der Waals surface area contributed by atoms with E-state index in [0.717, 1.165) is 31.4 Å². The molecule has 4 nitrogen and oxygen atoms in total. The van der Waals surface area contributed by atoms with Crippen LogP contribution in [0.1, 0.15) is 18.5 Å². The molecule has 0 aliphatic carbocycles. The van der Waals surface area contributed by atoms with Gasteiger partial charge >= 0.3 is 0 Å². The van der Waals surface area contributed by atoms with E-state index in [0.29, 0.717) is 5.92 Å². The Morgan fingerprint density at radius 2 is 2.53 bits per heavy atom. The van der Waals surface area contributed by atoms with Crippen molar-refractivity contribution in [1.82, 2.24) is 9.55 Å². The molecule has 1 aliphatic heterocycles. The van der Waals surface area contributed by atoms with Crippen LogP contribution in [0.2, 0.25) is 0 Å². The Bertz CT molecular complexity index is 316. The van der Waals surface area contributed by atoms with Gasteiger partial charge in [-0.1, -0.05) is 0 Å². The average Bonchev–Trinajstić information content (AvgIpc) is 2.56. The summed E-state index contributed by atoms with van der Waals surface area (Å²) in [5.41, 5.74) is 1.06. The SMILES string of the molecule is Cc1cn(C)c(NCC2CCCOC2)n1. The van der Waals surface area contributed by atoms with Crippen LogP contribution in [-0.2, 0) is 11.8 Å². The topological polar surface area (TPSA) is 39.1 Å². The average molecular weight is 209 g/mol. The summed E-state index contributed by atoms with van der Waals surface area (Å²) < 4.78 is 7.47. The van der Waals surface area contributed by atoms with E-state index in [9.17, 15) is 0 Å². The first-order valence-electron chi connectivity index (χ1n) is 5.57. The number of ether oxygens (including phenoxy) is 1. The van der Waals surface area contributed by atoms with Gasteiger partial charge in [-0.3, -0.25) is 0 Å². The number of hydrogen-bond acceptors (Lipinski definition) is 3. The summed E-state index contributed by atoms with van der Waals surface area (Å²) in [5.74, 6) is 1.59. The van der Waals surface area contributed by atoms with Crippen molar-refractivity contribution in [3.05, 3.63) is 11.9 Å². The van der Waals surface area contributed by atoms with Gasteiger partial charge in [0, 0.05) is 26.4 Å². The summed E-state index contributed by atoms with van der Waals surface area (Å²) in [6, 6.07) is 0. The van der Waals surface area contributed by atoms with E-state index in [4.69, 9.17) is 4.74 Å². The predicted octanol–water partition coefficient (Wildman–Crippen LogP) is 1.57. The third-order valence-electron chi connectivity index (χ3n) is 2.80. The van der Waals surface area contributed by atoms with Gasteiger partial charge in [0.1, 0.15) is 0 Å². The quantitative estimate of drug-likeness (QED) is 0.821. The molecule has 1 N–H and O–H groups in total. The summed E-state index contributed by atoms with van der Waals surface area (Å²) in [5, 5.41) is 3.38. The Kier molecular flexibility index (Phi) is 3.26. The van der Waals surface area contributed by atoms with E-state index in [-0.39, 0.29) is 0 Å². The lowest BCUT2D eigenvalue weighted by atomic mass is 10.0. The second kappa shape index (κ2) is 4.66. The molecule has 0 amide bonds. The van der Waals surface area contributed by atoms with Gasteiger partial charge in [-0.05, 0) is 25.7 Å². The van der Waals surface area contributed by atoms with Crippen LogP contribution in [0.25, 0.3) is 0 Å². The number of nitrogens with zero attached hydrogens (tertiary/aromatic N) is 2. The zero-order chi connectivity index (χ0) is 10.7. The standard InChI is InChI=1S/C11H19N3O/c1-9-7-14(2)11(13-9)12-6-10-4-3-5-15-8-10/h7,10H,3-6,8H2,1-2H3,(H,12,13). The molecule has 1 aromatic heterocycles. The van der Waals surface area contributed by atoms with E-state index in [1.54, 1.807) is 0 Å². The van der Waals surface area contributed by atoms with Crippen molar-refractivity contribution in [3.63, 3.8) is 0 Å². The second-order valence-electron chi connectivity index (χ2n) is 4.28. The lowest BCUT2D eigenvalue weighted by molar-refractivity contribution is 0.0594. The van der Waals surface area contributed by atoms with Gasteiger partial charge in [0.25, 0.3) is 0 Å². The summed E-state index contributed by atoms with van der Waals surface area (Å²) >= 11 is 0. The molecule has 2 rings (SSSR count). The van der Waals surface area contributed by atoms with Gasteiger partial charge in [-0.2, -0.15) is 0 Å². The Labute approximate surface area is 90.6 Å². The predicted molar refractivity (Wildman–Crippen MR) is 60.0 cm³/mol. The fraction of sp³-hybridized carbons (Fsp3) is 0.727. The summed E-state index contributed by atoms with van der Waals surface area (Å²) in [6.45, 7) is 4.79. The lowest BCUT2D eigenvalue weighted by Gasteiger charge is -2.22. The van der Waals surface area contributed by atoms with Crippen LogP contribution in [0.15, 0.2) is 6.20 Å². The molecule has 0 spiro atoms. The zero-order valence-corrected chi connectivity index (χ0v) is 9.49. The molecule has 0 saturated carbocycles. The first-order chi connectivity index (χ1) is 7.25. The minimum Gasteiger partial charge on any atom is -0.381 e.